The summed E-state index contributed by atoms with van der Waals surface area (Å²) in [5, 5.41) is 17.5. The summed E-state index contributed by atoms with van der Waals surface area (Å²) in [6.07, 6.45) is 0. The fourth-order valence-electron chi connectivity index (χ4n) is 1.61. The largest absolute Gasteiger partial charge is 0.480 e. The molecule has 2 amide bonds. The minimum Gasteiger partial charge on any atom is -0.480 e. The first kappa shape index (κ1) is 16.9. The van der Waals surface area contributed by atoms with Crippen LogP contribution < -0.4 is 0 Å². The van der Waals surface area contributed by atoms with Gasteiger partial charge in [0.15, 0.2) is 0 Å². The molecule has 0 aromatic carbocycles. The van der Waals surface area contributed by atoms with Crippen LogP contribution in [0.15, 0.2) is 9.81 Å². The molecule has 2 saturated heterocycles. The Morgan fingerprint density at radius 2 is 1.18 bits per heavy atom. The van der Waals surface area contributed by atoms with Gasteiger partial charge in [0.2, 0.25) is 0 Å². The van der Waals surface area contributed by atoms with Gasteiger partial charge in [-0.3, -0.25) is 29.0 Å². The van der Waals surface area contributed by atoms with Gasteiger partial charge in [0.1, 0.15) is 21.7 Å². The van der Waals surface area contributed by atoms with Gasteiger partial charge in [-0.2, -0.15) is 0 Å². The number of thioether (sulfide) groups is 2. The number of carboxylic acids is 2. The predicted octanol–water partition coefficient (Wildman–Crippen LogP) is 0.0878. The second-order valence-electron chi connectivity index (χ2n) is 3.96. The van der Waals surface area contributed by atoms with Gasteiger partial charge in [0, 0.05) is 0 Å². The van der Waals surface area contributed by atoms with Crippen LogP contribution in [0, 0.1) is 0 Å². The molecular weight excluding hydrogens is 372 g/mol. The zero-order valence-electron chi connectivity index (χ0n) is 10.5. The van der Waals surface area contributed by atoms with Crippen molar-refractivity contribution in [2.24, 2.45) is 0 Å². The SMILES string of the molecule is O=C(O)CN1C(=O)/C(=C2\SC(=S)N(CC(=O)O)C2=O)SC1=S. The fraction of sp³-hybridized carbons (Fsp3) is 0.200. The lowest BCUT2D eigenvalue weighted by molar-refractivity contribution is -0.140. The third kappa shape index (κ3) is 3.14. The third-order valence-corrected chi connectivity index (χ3v) is 5.52. The van der Waals surface area contributed by atoms with E-state index >= 15 is 0 Å². The van der Waals surface area contributed by atoms with E-state index in [-0.39, 0.29) is 18.5 Å². The van der Waals surface area contributed by atoms with Crippen LogP contribution >= 0.6 is 48.0 Å². The molecule has 0 aliphatic carbocycles. The average Bonchev–Trinajstić information content (AvgIpc) is 2.82. The zero-order chi connectivity index (χ0) is 16.6. The number of carbonyl (C=O) groups excluding carboxylic acids is 2. The molecule has 2 rings (SSSR count). The van der Waals surface area contributed by atoms with Crippen LogP contribution in [0.2, 0.25) is 0 Å². The summed E-state index contributed by atoms with van der Waals surface area (Å²) in [5.41, 5.74) is 0. The Balaban J connectivity index is 2.32. The molecule has 0 spiro atoms. The molecule has 0 unspecified atom stereocenters. The summed E-state index contributed by atoms with van der Waals surface area (Å²) >= 11 is 11.4. The number of thiocarbonyl (C=S) groups is 2. The van der Waals surface area contributed by atoms with Crippen molar-refractivity contribution in [3.05, 3.63) is 9.81 Å². The van der Waals surface area contributed by atoms with Crippen molar-refractivity contribution in [1.29, 1.82) is 0 Å². The van der Waals surface area contributed by atoms with Crippen molar-refractivity contribution in [2.45, 2.75) is 0 Å². The van der Waals surface area contributed by atoms with Crippen LogP contribution in [-0.4, -0.2) is 65.5 Å². The Kier molecular flexibility index (Phi) is 4.84. The summed E-state index contributed by atoms with van der Waals surface area (Å²) in [7, 11) is 0. The normalized spacial score (nSPS) is 22.0. The maximum Gasteiger partial charge on any atom is 0.323 e. The summed E-state index contributed by atoms with van der Waals surface area (Å²) in [4.78, 5) is 47.4. The predicted molar refractivity (Wildman–Crippen MR) is 86.1 cm³/mol. The van der Waals surface area contributed by atoms with E-state index in [1.54, 1.807) is 0 Å². The van der Waals surface area contributed by atoms with E-state index in [2.05, 4.69) is 0 Å². The number of amides is 2. The van der Waals surface area contributed by atoms with Crippen LogP contribution in [-0.2, 0) is 19.2 Å². The number of carboxylic acid groups (broad SMARTS) is 2. The number of hydrogen-bond donors (Lipinski definition) is 2. The molecule has 0 aromatic rings. The van der Waals surface area contributed by atoms with Crippen molar-refractivity contribution in [3.63, 3.8) is 0 Å². The Bertz CT molecular complexity index is 616. The Morgan fingerprint density at radius 3 is 1.45 bits per heavy atom. The van der Waals surface area contributed by atoms with Crippen LogP contribution in [0.25, 0.3) is 0 Å². The second-order valence-corrected chi connectivity index (χ2v) is 7.25. The van der Waals surface area contributed by atoms with E-state index in [9.17, 15) is 19.2 Å². The molecule has 0 aromatic heterocycles. The number of hydrogen-bond acceptors (Lipinski definition) is 8. The van der Waals surface area contributed by atoms with E-state index in [0.717, 1.165) is 33.3 Å². The van der Waals surface area contributed by atoms with Gasteiger partial charge in [-0.1, -0.05) is 48.0 Å². The van der Waals surface area contributed by atoms with Crippen molar-refractivity contribution in [1.82, 2.24) is 9.80 Å². The summed E-state index contributed by atoms with van der Waals surface area (Å²) in [6.45, 7) is -1.22. The quantitative estimate of drug-likeness (QED) is 0.515. The van der Waals surface area contributed by atoms with Crippen LogP contribution in [0.1, 0.15) is 0 Å². The second kappa shape index (κ2) is 6.32. The molecule has 0 radical (unpaired) electrons. The maximum absolute atomic E-state index is 12.2. The molecule has 2 heterocycles. The molecule has 2 aliphatic heterocycles. The van der Waals surface area contributed by atoms with Gasteiger partial charge in [-0.15, -0.1) is 0 Å². The van der Waals surface area contributed by atoms with Crippen molar-refractivity contribution < 1.29 is 29.4 Å². The molecule has 2 fully saturated rings. The lowest BCUT2D eigenvalue weighted by atomic mass is 10.3. The monoisotopic (exact) mass is 378 g/mol. The number of aliphatic carboxylic acids is 2. The van der Waals surface area contributed by atoms with Gasteiger partial charge in [-0.05, 0) is 0 Å². The van der Waals surface area contributed by atoms with Gasteiger partial charge < -0.3 is 10.2 Å². The van der Waals surface area contributed by atoms with E-state index in [0.29, 0.717) is 0 Å². The number of carbonyl (C=O) groups is 4. The number of rotatable bonds is 4. The Morgan fingerprint density at radius 1 is 0.864 bits per heavy atom. The van der Waals surface area contributed by atoms with Crippen molar-refractivity contribution in [2.75, 3.05) is 13.1 Å². The molecule has 12 heteroatoms. The minimum absolute atomic E-state index is 0.0194. The lowest BCUT2D eigenvalue weighted by Crippen LogP contribution is -2.34. The van der Waals surface area contributed by atoms with Crippen molar-refractivity contribution in [3.8, 4) is 0 Å². The van der Waals surface area contributed by atoms with Crippen molar-refractivity contribution >= 4 is 80.4 Å². The fourth-order valence-corrected chi connectivity index (χ4v) is 4.28. The van der Waals surface area contributed by atoms with Crippen LogP contribution in [0.4, 0.5) is 0 Å². The van der Waals surface area contributed by atoms with Gasteiger partial charge in [0.25, 0.3) is 11.8 Å². The smallest absolute Gasteiger partial charge is 0.323 e. The van der Waals surface area contributed by atoms with Crippen LogP contribution in [0.3, 0.4) is 0 Å². The van der Waals surface area contributed by atoms with E-state index < -0.39 is 36.8 Å². The lowest BCUT2D eigenvalue weighted by Gasteiger charge is -2.11. The summed E-state index contributed by atoms with van der Waals surface area (Å²) in [5.74, 6) is -3.88. The molecule has 0 atom stereocenters. The summed E-state index contributed by atoms with van der Waals surface area (Å²) in [6, 6.07) is 0. The van der Waals surface area contributed by atoms with Gasteiger partial charge in [0.05, 0.1) is 9.81 Å². The Labute approximate surface area is 142 Å². The van der Waals surface area contributed by atoms with Crippen LogP contribution in [0.5, 0.6) is 0 Å². The first-order chi connectivity index (χ1) is 10.2. The highest BCUT2D eigenvalue weighted by Gasteiger charge is 2.42. The molecule has 2 N–H and O–H groups in total. The van der Waals surface area contributed by atoms with E-state index in [1.165, 1.54) is 0 Å². The topological polar surface area (TPSA) is 115 Å². The third-order valence-electron chi connectivity index (χ3n) is 2.49. The number of nitrogens with zero attached hydrogens (tertiary/aromatic N) is 2. The highest BCUT2D eigenvalue weighted by molar-refractivity contribution is 8.29. The minimum atomic E-state index is -1.24. The molecule has 0 saturated carbocycles. The Hall–Kier alpha value is -1.50. The van der Waals surface area contributed by atoms with E-state index in [1.807, 2.05) is 0 Å². The first-order valence-electron chi connectivity index (χ1n) is 5.47. The maximum atomic E-state index is 12.2. The molecule has 22 heavy (non-hydrogen) atoms. The average molecular weight is 378 g/mol. The molecule has 116 valence electrons. The zero-order valence-corrected chi connectivity index (χ0v) is 13.7. The molecular formula is C10H6N2O6S4. The first-order valence-corrected chi connectivity index (χ1v) is 7.92. The summed E-state index contributed by atoms with van der Waals surface area (Å²) < 4.78 is 0.0387. The standard InChI is InChI=1S/C10H6N2O6S4/c13-3(14)1-11-7(17)5(21-9(11)19)6-8(18)12(2-4(15)16)10(20)22-6/h1-2H2,(H,13,14)(H,15,16)/b6-5+. The molecule has 8 nitrogen and oxygen atoms in total. The molecule has 0 bridgehead atoms. The van der Waals surface area contributed by atoms with Gasteiger partial charge in [-0.25, -0.2) is 0 Å². The van der Waals surface area contributed by atoms with Gasteiger partial charge >= 0.3 is 11.9 Å². The van der Waals surface area contributed by atoms with E-state index in [4.69, 9.17) is 34.6 Å². The highest BCUT2D eigenvalue weighted by Crippen LogP contribution is 2.41. The highest BCUT2D eigenvalue weighted by atomic mass is 32.2. The molecule has 2 aliphatic rings.